The number of carbonyl (C=O) groups is 1. The average molecular weight is 231 g/mol. The Bertz CT molecular complexity index is 477. The second-order valence-electron chi connectivity index (χ2n) is 3.55. The van der Waals surface area contributed by atoms with E-state index in [1.165, 1.54) is 0 Å². The number of hydrogen-bond acceptors (Lipinski definition) is 3. The number of methoxy groups -OCH3 is 1. The van der Waals surface area contributed by atoms with Gasteiger partial charge in [-0.1, -0.05) is 12.1 Å². The van der Waals surface area contributed by atoms with E-state index in [4.69, 9.17) is 4.74 Å². The van der Waals surface area contributed by atoms with Gasteiger partial charge < -0.3 is 10.1 Å². The Labute approximate surface area is 98.8 Å². The molecule has 5 heteroatoms. The molecule has 0 atom stereocenters. The number of nitrogens with zero attached hydrogens (tertiary/aromatic N) is 1. The van der Waals surface area contributed by atoms with E-state index >= 15 is 0 Å². The Morgan fingerprint density at radius 2 is 2.12 bits per heavy atom. The molecule has 2 rings (SSSR count). The normalized spacial score (nSPS) is 10.2. The van der Waals surface area contributed by atoms with Crippen LogP contribution in [0, 0.1) is 0 Å². The number of rotatable bonds is 4. The van der Waals surface area contributed by atoms with E-state index in [0.717, 1.165) is 5.56 Å². The molecular formula is C12H13N3O2. The van der Waals surface area contributed by atoms with E-state index in [1.807, 2.05) is 12.1 Å². The molecule has 5 nitrogen and oxygen atoms in total. The lowest BCUT2D eigenvalue weighted by Gasteiger charge is -2.04. The van der Waals surface area contributed by atoms with Crippen LogP contribution in [-0.4, -0.2) is 23.2 Å². The van der Waals surface area contributed by atoms with Gasteiger partial charge in [0.2, 0.25) is 0 Å². The van der Waals surface area contributed by atoms with Crippen molar-refractivity contribution >= 4 is 11.7 Å². The molecule has 2 N–H and O–H groups in total. The number of aromatic amines is 1. The van der Waals surface area contributed by atoms with Gasteiger partial charge in [-0.3, -0.25) is 9.89 Å². The van der Waals surface area contributed by atoms with Gasteiger partial charge in [0.25, 0.3) is 5.91 Å². The Kier molecular flexibility index (Phi) is 3.52. The molecule has 0 saturated carbocycles. The molecule has 0 aliphatic carbocycles. The second-order valence-corrected chi connectivity index (χ2v) is 3.55. The Morgan fingerprint density at radius 3 is 2.71 bits per heavy atom. The summed E-state index contributed by atoms with van der Waals surface area (Å²) in [5.41, 5.74) is 1.63. The van der Waals surface area contributed by atoms with E-state index in [0.29, 0.717) is 18.0 Å². The summed E-state index contributed by atoms with van der Waals surface area (Å²) in [6.45, 7) is 0.544. The molecule has 0 unspecified atom stereocenters. The van der Waals surface area contributed by atoms with Crippen molar-refractivity contribution in [3.05, 3.63) is 47.7 Å². The highest BCUT2D eigenvalue weighted by Gasteiger charge is 2.06. The first-order valence-corrected chi connectivity index (χ1v) is 5.18. The molecule has 0 aliphatic heterocycles. The summed E-state index contributed by atoms with van der Waals surface area (Å²) in [7, 11) is 1.64. The third kappa shape index (κ3) is 2.92. The van der Waals surface area contributed by atoms with Crippen LogP contribution in [0.25, 0.3) is 0 Å². The topological polar surface area (TPSA) is 67.0 Å². The van der Waals surface area contributed by atoms with Crippen molar-refractivity contribution in [1.82, 2.24) is 10.2 Å². The number of nitrogens with one attached hydrogen (secondary N) is 2. The van der Waals surface area contributed by atoms with Crippen LogP contribution >= 0.6 is 0 Å². The van der Waals surface area contributed by atoms with Crippen LogP contribution in [0.4, 0.5) is 5.82 Å². The third-order valence-corrected chi connectivity index (χ3v) is 2.28. The van der Waals surface area contributed by atoms with Gasteiger partial charge in [-0.2, -0.15) is 5.10 Å². The fraction of sp³-hybridized carbons (Fsp3) is 0.167. The predicted octanol–water partition coefficient (Wildman–Crippen LogP) is 1.81. The molecule has 0 radical (unpaired) electrons. The van der Waals surface area contributed by atoms with Crippen molar-refractivity contribution in [2.45, 2.75) is 6.61 Å². The Balaban J connectivity index is 2.04. The highest BCUT2D eigenvalue weighted by Crippen LogP contribution is 2.08. The summed E-state index contributed by atoms with van der Waals surface area (Å²) in [6.07, 6.45) is 1.58. The zero-order valence-electron chi connectivity index (χ0n) is 9.43. The molecular weight excluding hydrogens is 218 g/mol. The van der Waals surface area contributed by atoms with Gasteiger partial charge in [-0.15, -0.1) is 0 Å². The standard InChI is InChI=1S/C12H13N3O2/c1-17-8-9-2-4-10(5-3-9)12(16)14-11-6-7-13-15-11/h2-7H,8H2,1H3,(H2,13,14,15,16). The molecule has 0 aliphatic rings. The lowest BCUT2D eigenvalue weighted by Crippen LogP contribution is -2.12. The molecule has 1 heterocycles. The van der Waals surface area contributed by atoms with Crippen LogP contribution in [0.2, 0.25) is 0 Å². The van der Waals surface area contributed by atoms with Crippen molar-refractivity contribution in [2.75, 3.05) is 12.4 Å². The first-order chi connectivity index (χ1) is 8.29. The molecule has 0 spiro atoms. The maximum absolute atomic E-state index is 11.8. The number of aromatic nitrogens is 2. The van der Waals surface area contributed by atoms with Crippen molar-refractivity contribution in [2.24, 2.45) is 0 Å². The van der Waals surface area contributed by atoms with Crippen molar-refractivity contribution in [3.63, 3.8) is 0 Å². The van der Waals surface area contributed by atoms with Crippen LogP contribution in [0.5, 0.6) is 0 Å². The summed E-state index contributed by atoms with van der Waals surface area (Å²) >= 11 is 0. The summed E-state index contributed by atoms with van der Waals surface area (Å²) in [5, 5.41) is 9.12. The van der Waals surface area contributed by atoms with Crippen LogP contribution in [0.1, 0.15) is 15.9 Å². The lowest BCUT2D eigenvalue weighted by atomic mass is 10.1. The molecule has 88 valence electrons. The number of H-pyrrole nitrogens is 1. The minimum Gasteiger partial charge on any atom is -0.380 e. The van der Waals surface area contributed by atoms with Crippen LogP contribution in [0.15, 0.2) is 36.5 Å². The maximum Gasteiger partial charge on any atom is 0.256 e. The molecule has 0 fully saturated rings. The molecule has 0 bridgehead atoms. The zero-order chi connectivity index (χ0) is 12.1. The monoisotopic (exact) mass is 231 g/mol. The van der Waals surface area contributed by atoms with E-state index in [1.54, 1.807) is 31.5 Å². The second kappa shape index (κ2) is 5.27. The van der Waals surface area contributed by atoms with Gasteiger partial charge in [-0.05, 0) is 17.7 Å². The van der Waals surface area contributed by atoms with E-state index in [-0.39, 0.29) is 5.91 Å². The smallest absolute Gasteiger partial charge is 0.256 e. The molecule has 17 heavy (non-hydrogen) atoms. The van der Waals surface area contributed by atoms with Crippen LogP contribution in [0.3, 0.4) is 0 Å². The fourth-order valence-corrected chi connectivity index (χ4v) is 1.44. The van der Waals surface area contributed by atoms with Gasteiger partial charge in [-0.25, -0.2) is 0 Å². The summed E-state index contributed by atoms with van der Waals surface area (Å²) in [4.78, 5) is 11.8. The number of hydrogen-bond donors (Lipinski definition) is 2. The molecule has 1 aromatic heterocycles. The van der Waals surface area contributed by atoms with Crippen molar-refractivity contribution < 1.29 is 9.53 Å². The summed E-state index contributed by atoms with van der Waals surface area (Å²) < 4.78 is 5.00. The highest BCUT2D eigenvalue weighted by atomic mass is 16.5. The number of ether oxygens (including phenoxy) is 1. The number of carbonyl (C=O) groups excluding carboxylic acids is 1. The Hall–Kier alpha value is -2.14. The minimum atomic E-state index is -0.168. The van der Waals surface area contributed by atoms with Gasteiger partial charge >= 0.3 is 0 Å². The van der Waals surface area contributed by atoms with Gasteiger partial charge in [0, 0.05) is 18.7 Å². The van der Waals surface area contributed by atoms with E-state index in [2.05, 4.69) is 15.5 Å². The summed E-state index contributed by atoms with van der Waals surface area (Å²) in [5.74, 6) is 0.411. The number of benzene rings is 1. The fourth-order valence-electron chi connectivity index (χ4n) is 1.44. The maximum atomic E-state index is 11.8. The SMILES string of the molecule is COCc1ccc(C(=O)Nc2ccn[nH]2)cc1. The van der Waals surface area contributed by atoms with Gasteiger partial charge in [0.15, 0.2) is 0 Å². The zero-order valence-corrected chi connectivity index (χ0v) is 9.43. The molecule has 2 aromatic rings. The third-order valence-electron chi connectivity index (χ3n) is 2.28. The first kappa shape index (κ1) is 11.3. The molecule has 1 aromatic carbocycles. The predicted molar refractivity (Wildman–Crippen MR) is 63.7 cm³/mol. The highest BCUT2D eigenvalue weighted by molar-refractivity contribution is 6.03. The van der Waals surface area contributed by atoms with Gasteiger partial charge in [0.05, 0.1) is 12.8 Å². The average Bonchev–Trinajstić information content (AvgIpc) is 2.83. The van der Waals surface area contributed by atoms with E-state index in [9.17, 15) is 4.79 Å². The number of anilines is 1. The van der Waals surface area contributed by atoms with Gasteiger partial charge in [0.1, 0.15) is 5.82 Å². The quantitative estimate of drug-likeness (QED) is 0.843. The lowest BCUT2D eigenvalue weighted by molar-refractivity contribution is 0.102. The molecule has 1 amide bonds. The first-order valence-electron chi connectivity index (χ1n) is 5.18. The molecule has 0 saturated heterocycles. The number of amides is 1. The van der Waals surface area contributed by atoms with Crippen molar-refractivity contribution in [1.29, 1.82) is 0 Å². The van der Waals surface area contributed by atoms with Crippen molar-refractivity contribution in [3.8, 4) is 0 Å². The van der Waals surface area contributed by atoms with E-state index < -0.39 is 0 Å². The van der Waals surface area contributed by atoms with Crippen LogP contribution in [-0.2, 0) is 11.3 Å². The van der Waals surface area contributed by atoms with Crippen LogP contribution < -0.4 is 5.32 Å². The summed E-state index contributed by atoms with van der Waals surface area (Å²) in [6, 6.07) is 8.95. The minimum absolute atomic E-state index is 0.168. The Morgan fingerprint density at radius 1 is 1.35 bits per heavy atom. The largest absolute Gasteiger partial charge is 0.380 e.